The summed E-state index contributed by atoms with van der Waals surface area (Å²) in [7, 11) is -3.90. The monoisotopic (exact) mass is 441 g/mol. The summed E-state index contributed by atoms with van der Waals surface area (Å²) in [5.41, 5.74) is 2.21. The Morgan fingerprint density at radius 3 is 1.45 bits per heavy atom. The van der Waals surface area contributed by atoms with Crippen LogP contribution in [0.2, 0.25) is 24.7 Å². The molecule has 0 heterocycles. The van der Waals surface area contributed by atoms with Gasteiger partial charge in [0, 0.05) is 0 Å². The number of rotatable bonds is 18. The minimum absolute atomic E-state index is 0.246. The summed E-state index contributed by atoms with van der Waals surface area (Å²) in [4.78, 5) is 0. The van der Waals surface area contributed by atoms with Crippen LogP contribution in [0.15, 0.2) is 12.3 Å². The van der Waals surface area contributed by atoms with Gasteiger partial charge in [0.25, 0.3) is 8.48 Å². The van der Waals surface area contributed by atoms with E-state index in [0.29, 0.717) is 0 Å². The van der Waals surface area contributed by atoms with Crippen LogP contribution in [0.1, 0.15) is 112 Å². The van der Waals surface area contributed by atoms with Gasteiger partial charge in [-0.25, -0.2) is 0 Å². The molecular formula is C25H55NOSi2. The number of hydrogen-bond acceptors (Lipinski definition) is 2. The molecule has 0 saturated heterocycles. The van der Waals surface area contributed by atoms with Crippen LogP contribution in [0, 0.1) is 0 Å². The first kappa shape index (κ1) is 29.1. The molecule has 0 aliphatic rings. The Bertz CT molecular complexity index is 404. The first-order chi connectivity index (χ1) is 13.5. The van der Waals surface area contributed by atoms with E-state index < -0.39 is 16.8 Å². The Morgan fingerprint density at radius 1 is 0.724 bits per heavy atom. The van der Waals surface area contributed by atoms with Crippen molar-refractivity contribution in [3.05, 3.63) is 12.3 Å². The molecule has 0 bridgehead atoms. The fourth-order valence-corrected chi connectivity index (χ4v) is 11.3. The fourth-order valence-electron chi connectivity index (χ4n) is 3.63. The van der Waals surface area contributed by atoms with E-state index in [9.17, 15) is 0 Å². The molecule has 4 heteroatoms. The van der Waals surface area contributed by atoms with Crippen LogP contribution in [0.5, 0.6) is 0 Å². The van der Waals surface area contributed by atoms with Crippen LogP contribution in [-0.4, -0.2) is 34.5 Å². The average Bonchev–Trinajstić information content (AvgIpc) is 2.64. The van der Waals surface area contributed by atoms with Crippen molar-refractivity contribution in [1.29, 1.82) is 0 Å². The highest BCUT2D eigenvalue weighted by Crippen LogP contribution is 2.39. The molecule has 0 aromatic heterocycles. The van der Waals surface area contributed by atoms with Gasteiger partial charge >= 0.3 is 0 Å². The molecule has 1 unspecified atom stereocenters. The molecular weight excluding hydrogens is 386 g/mol. The summed E-state index contributed by atoms with van der Waals surface area (Å²) in [6.45, 7) is 25.5. The summed E-state index contributed by atoms with van der Waals surface area (Å²) >= 11 is 0. The molecule has 0 aromatic carbocycles. The molecule has 0 amide bonds. The van der Waals surface area contributed by atoms with Crippen LogP contribution in [-0.2, 0) is 4.12 Å². The normalized spacial score (nSPS) is 14.9. The third kappa shape index (κ3) is 11.9. The lowest BCUT2D eigenvalue weighted by Crippen LogP contribution is -2.60. The molecule has 0 spiro atoms. The molecule has 0 fully saturated rings. The molecule has 0 aromatic rings. The zero-order chi connectivity index (χ0) is 22.4. The van der Waals surface area contributed by atoms with E-state index in [1.165, 1.54) is 90.1 Å². The van der Waals surface area contributed by atoms with Crippen molar-refractivity contribution in [3.63, 3.8) is 0 Å². The van der Waals surface area contributed by atoms with Gasteiger partial charge in [-0.05, 0) is 50.6 Å². The second-order valence-electron chi connectivity index (χ2n) is 10.6. The van der Waals surface area contributed by atoms with Crippen molar-refractivity contribution in [2.24, 2.45) is 0 Å². The Balaban J connectivity index is 4.96. The number of hydrogen-bond donors (Lipinski definition) is 0. The minimum Gasteiger partial charge on any atom is -0.441 e. The van der Waals surface area contributed by atoms with Gasteiger partial charge in [0.05, 0.1) is 0 Å². The van der Waals surface area contributed by atoms with Crippen LogP contribution < -0.4 is 0 Å². The minimum atomic E-state index is -2.09. The van der Waals surface area contributed by atoms with E-state index in [0.717, 1.165) is 0 Å². The van der Waals surface area contributed by atoms with Gasteiger partial charge < -0.3 is 4.12 Å². The van der Waals surface area contributed by atoms with Crippen molar-refractivity contribution in [3.8, 4) is 0 Å². The topological polar surface area (TPSA) is 12.5 Å². The molecule has 29 heavy (non-hydrogen) atoms. The van der Waals surface area contributed by atoms with Crippen molar-refractivity contribution < 1.29 is 4.12 Å². The molecule has 0 saturated carbocycles. The second-order valence-corrected chi connectivity index (χ2v) is 19.1. The standard InChI is InChI=1S/C25H55NOSi2/c1-10-13-15-17-19-21-23-26(24-22-20-18-16-14-11-2)29(9,12-3)27-28(7,8)25(4,5)6/h12H,3,10-11,13-24H2,1-2,4-9H3. The van der Waals surface area contributed by atoms with E-state index in [-0.39, 0.29) is 5.04 Å². The Hall–Kier alpha value is 0.0938. The summed E-state index contributed by atoms with van der Waals surface area (Å²) in [5.74, 6) is 0. The lowest BCUT2D eigenvalue weighted by molar-refractivity contribution is 0.326. The molecule has 0 aliphatic heterocycles. The van der Waals surface area contributed by atoms with E-state index in [4.69, 9.17) is 4.12 Å². The molecule has 0 radical (unpaired) electrons. The highest BCUT2D eigenvalue weighted by molar-refractivity contribution is 6.87. The lowest BCUT2D eigenvalue weighted by atomic mass is 10.1. The Labute approximate surface area is 187 Å². The maximum absolute atomic E-state index is 7.08. The smallest absolute Gasteiger partial charge is 0.283 e. The second kappa shape index (κ2) is 15.0. The van der Waals surface area contributed by atoms with Crippen LogP contribution in [0.3, 0.4) is 0 Å². The average molecular weight is 442 g/mol. The number of unbranched alkanes of at least 4 members (excludes halogenated alkanes) is 10. The lowest BCUT2D eigenvalue weighted by Gasteiger charge is -2.46. The third-order valence-electron chi connectivity index (χ3n) is 6.84. The van der Waals surface area contributed by atoms with Gasteiger partial charge in [-0.2, -0.15) is 0 Å². The Kier molecular flexibility index (Phi) is 15.0. The highest BCUT2D eigenvalue weighted by atomic mass is 28.4. The fraction of sp³-hybridized carbons (Fsp3) is 0.920. The molecule has 2 nitrogen and oxygen atoms in total. The van der Waals surface area contributed by atoms with Gasteiger partial charge in [0.15, 0.2) is 8.32 Å². The first-order valence-electron chi connectivity index (χ1n) is 12.6. The molecule has 1 atom stereocenters. The summed E-state index contributed by atoms with van der Waals surface area (Å²) in [6, 6.07) is 0. The van der Waals surface area contributed by atoms with Crippen molar-refractivity contribution in [2.45, 2.75) is 136 Å². The summed E-state index contributed by atoms with van der Waals surface area (Å²) < 4.78 is 9.81. The first-order valence-corrected chi connectivity index (χ1v) is 18.0. The summed E-state index contributed by atoms with van der Waals surface area (Å²) in [6.07, 6.45) is 16.3. The van der Waals surface area contributed by atoms with Crippen molar-refractivity contribution >= 4 is 16.8 Å². The van der Waals surface area contributed by atoms with Gasteiger partial charge in [0.1, 0.15) is 0 Å². The van der Waals surface area contributed by atoms with E-state index in [1.54, 1.807) is 0 Å². The molecule has 0 rings (SSSR count). The van der Waals surface area contributed by atoms with E-state index >= 15 is 0 Å². The Morgan fingerprint density at radius 2 is 1.10 bits per heavy atom. The SMILES string of the molecule is C=C[Si](C)(O[Si](C)(C)C(C)(C)C)N(CCCCCCCC)CCCCCCCC. The maximum atomic E-state index is 7.08. The maximum Gasteiger partial charge on any atom is 0.283 e. The van der Waals surface area contributed by atoms with Crippen molar-refractivity contribution in [1.82, 2.24) is 4.57 Å². The van der Waals surface area contributed by atoms with Crippen LogP contribution in [0.25, 0.3) is 0 Å². The largest absolute Gasteiger partial charge is 0.441 e. The molecule has 174 valence electrons. The summed E-state index contributed by atoms with van der Waals surface area (Å²) in [5, 5.41) is 0.246. The van der Waals surface area contributed by atoms with Gasteiger partial charge in [0.2, 0.25) is 0 Å². The predicted molar refractivity (Wildman–Crippen MR) is 138 cm³/mol. The predicted octanol–water partition coefficient (Wildman–Crippen LogP) is 8.83. The van der Waals surface area contributed by atoms with Crippen LogP contribution >= 0.6 is 0 Å². The zero-order valence-electron chi connectivity index (χ0n) is 21.5. The number of nitrogens with zero attached hydrogens (tertiary/aromatic N) is 1. The van der Waals surface area contributed by atoms with Gasteiger partial charge in [-0.1, -0.05) is 105 Å². The third-order valence-corrected chi connectivity index (χ3v) is 16.6. The highest BCUT2D eigenvalue weighted by Gasteiger charge is 2.45. The zero-order valence-corrected chi connectivity index (χ0v) is 23.5. The quantitative estimate of drug-likeness (QED) is 0.155. The van der Waals surface area contributed by atoms with E-state index in [1.807, 2.05) is 0 Å². The van der Waals surface area contributed by atoms with Crippen LogP contribution in [0.4, 0.5) is 0 Å². The molecule has 0 N–H and O–H groups in total. The van der Waals surface area contributed by atoms with Crippen molar-refractivity contribution in [2.75, 3.05) is 13.1 Å². The van der Waals surface area contributed by atoms with E-state index in [2.05, 4.69) is 71.1 Å². The van der Waals surface area contributed by atoms with Gasteiger partial charge in [-0.15, -0.1) is 6.58 Å². The van der Waals surface area contributed by atoms with Gasteiger partial charge in [-0.3, -0.25) is 4.57 Å². The molecule has 0 aliphatic carbocycles.